The summed E-state index contributed by atoms with van der Waals surface area (Å²) in [5.41, 5.74) is 0.823. The van der Waals surface area contributed by atoms with Crippen LogP contribution in [0.1, 0.15) is 27.8 Å². The summed E-state index contributed by atoms with van der Waals surface area (Å²) in [4.78, 5) is 10.7. The summed E-state index contributed by atoms with van der Waals surface area (Å²) in [5, 5.41) is 18.5. The summed E-state index contributed by atoms with van der Waals surface area (Å²) in [6.45, 7) is 0. The van der Waals surface area contributed by atoms with E-state index in [4.69, 9.17) is 21.1 Å². The van der Waals surface area contributed by atoms with E-state index in [1.54, 1.807) is 6.07 Å². The van der Waals surface area contributed by atoms with E-state index in [0.717, 1.165) is 5.56 Å². The number of carboxylic acids is 1. The first-order valence-electron chi connectivity index (χ1n) is 5.58. The van der Waals surface area contributed by atoms with E-state index in [9.17, 15) is 10.1 Å². The Hall–Kier alpha value is -2.25. The number of halogens is 1. The zero-order valence-corrected chi connectivity index (χ0v) is 10.6. The van der Waals surface area contributed by atoms with Crippen LogP contribution < -0.4 is 0 Å². The van der Waals surface area contributed by atoms with Crippen molar-refractivity contribution in [2.45, 2.75) is 12.3 Å². The summed E-state index contributed by atoms with van der Waals surface area (Å²) in [6.07, 6.45) is 0.378. The number of aromatic carboxylic acids is 1. The Morgan fingerprint density at radius 1 is 1.37 bits per heavy atom. The van der Waals surface area contributed by atoms with Crippen LogP contribution in [0.2, 0.25) is 5.02 Å². The van der Waals surface area contributed by atoms with Gasteiger partial charge in [-0.05, 0) is 30.2 Å². The van der Waals surface area contributed by atoms with Crippen molar-refractivity contribution in [3.05, 3.63) is 58.5 Å². The first-order chi connectivity index (χ1) is 9.11. The van der Waals surface area contributed by atoms with Gasteiger partial charge < -0.3 is 9.52 Å². The highest BCUT2D eigenvalue weighted by Gasteiger charge is 2.19. The Labute approximate surface area is 114 Å². The summed E-state index contributed by atoms with van der Waals surface area (Å²) in [6, 6.07) is 12.2. The molecule has 1 atom stereocenters. The van der Waals surface area contributed by atoms with E-state index < -0.39 is 11.9 Å². The van der Waals surface area contributed by atoms with Crippen LogP contribution in [0.4, 0.5) is 0 Å². The lowest BCUT2D eigenvalue weighted by Gasteiger charge is -2.07. The molecule has 1 unspecified atom stereocenters. The molecule has 96 valence electrons. The summed E-state index contributed by atoms with van der Waals surface area (Å²) in [7, 11) is 0. The Kier molecular flexibility index (Phi) is 3.88. The predicted molar refractivity (Wildman–Crippen MR) is 69.2 cm³/mol. The van der Waals surface area contributed by atoms with Crippen LogP contribution in [0.3, 0.4) is 0 Å². The Morgan fingerprint density at radius 2 is 2.11 bits per heavy atom. The average Bonchev–Trinajstić information content (AvgIpc) is 2.87. The molecule has 2 rings (SSSR count). The monoisotopic (exact) mass is 275 g/mol. The minimum atomic E-state index is -1.15. The molecule has 0 aliphatic carbocycles. The highest BCUT2D eigenvalue weighted by molar-refractivity contribution is 6.31. The number of carboxylic acid groups (broad SMARTS) is 1. The standard InChI is InChI=1S/C14H10ClNO3/c15-11-4-2-1-3-9(11)7-10(8-16)12-5-6-13(19-12)14(17)18/h1-6,10H,7H2,(H,17,18). The fourth-order valence-electron chi connectivity index (χ4n) is 1.75. The van der Waals surface area contributed by atoms with E-state index in [2.05, 4.69) is 6.07 Å². The number of carbonyl (C=O) groups is 1. The minimum Gasteiger partial charge on any atom is -0.475 e. The lowest BCUT2D eigenvalue weighted by Crippen LogP contribution is -2.00. The smallest absolute Gasteiger partial charge is 0.371 e. The van der Waals surface area contributed by atoms with Gasteiger partial charge in [0.2, 0.25) is 5.76 Å². The van der Waals surface area contributed by atoms with Gasteiger partial charge in [-0.3, -0.25) is 0 Å². The number of hydrogen-bond donors (Lipinski definition) is 1. The number of benzene rings is 1. The second kappa shape index (κ2) is 5.59. The molecule has 1 aromatic carbocycles. The van der Waals surface area contributed by atoms with Gasteiger partial charge in [-0.25, -0.2) is 4.79 Å². The molecule has 0 amide bonds. The molecular weight excluding hydrogens is 266 g/mol. The van der Waals surface area contributed by atoms with E-state index >= 15 is 0 Å². The van der Waals surface area contributed by atoms with E-state index in [0.29, 0.717) is 17.2 Å². The van der Waals surface area contributed by atoms with Gasteiger partial charge >= 0.3 is 5.97 Å². The lowest BCUT2D eigenvalue weighted by atomic mass is 9.98. The van der Waals surface area contributed by atoms with E-state index in [1.807, 2.05) is 18.2 Å². The van der Waals surface area contributed by atoms with Crippen molar-refractivity contribution >= 4 is 17.6 Å². The van der Waals surface area contributed by atoms with Gasteiger partial charge in [-0.15, -0.1) is 0 Å². The summed E-state index contributed by atoms with van der Waals surface area (Å²) in [5.74, 6) is -1.55. The predicted octanol–water partition coefficient (Wildman–Crippen LogP) is 3.48. The van der Waals surface area contributed by atoms with Gasteiger partial charge in [-0.2, -0.15) is 5.26 Å². The quantitative estimate of drug-likeness (QED) is 0.927. The third kappa shape index (κ3) is 2.95. The molecule has 0 aliphatic rings. The van der Waals surface area contributed by atoms with Crippen molar-refractivity contribution in [3.8, 4) is 6.07 Å². The first kappa shape index (κ1) is 13.2. The van der Waals surface area contributed by atoms with Crippen molar-refractivity contribution in [1.82, 2.24) is 0 Å². The number of nitriles is 1. The number of hydrogen-bond acceptors (Lipinski definition) is 3. The van der Waals surface area contributed by atoms with Crippen molar-refractivity contribution in [1.29, 1.82) is 5.26 Å². The molecule has 0 fully saturated rings. The summed E-state index contributed by atoms with van der Waals surface area (Å²) < 4.78 is 5.15. The van der Waals surface area contributed by atoms with Gasteiger partial charge in [-0.1, -0.05) is 29.8 Å². The minimum absolute atomic E-state index is 0.172. The number of nitrogens with zero attached hydrogens (tertiary/aromatic N) is 1. The Balaban J connectivity index is 2.23. The van der Waals surface area contributed by atoms with E-state index in [-0.39, 0.29) is 5.76 Å². The maximum atomic E-state index is 10.7. The fraction of sp³-hybridized carbons (Fsp3) is 0.143. The number of furan rings is 1. The van der Waals surface area contributed by atoms with Crippen LogP contribution in [-0.2, 0) is 6.42 Å². The molecule has 0 aliphatic heterocycles. The molecule has 1 heterocycles. The molecule has 0 radical (unpaired) electrons. The zero-order chi connectivity index (χ0) is 13.8. The van der Waals surface area contributed by atoms with Gasteiger partial charge in [0, 0.05) is 5.02 Å². The molecule has 0 spiro atoms. The lowest BCUT2D eigenvalue weighted by molar-refractivity contribution is 0.0660. The first-order valence-corrected chi connectivity index (χ1v) is 5.95. The van der Waals surface area contributed by atoms with Gasteiger partial charge in [0.05, 0.1) is 6.07 Å². The molecule has 0 saturated heterocycles. The maximum Gasteiger partial charge on any atom is 0.371 e. The van der Waals surface area contributed by atoms with Crippen molar-refractivity contribution in [2.24, 2.45) is 0 Å². The molecular formula is C14H10ClNO3. The van der Waals surface area contributed by atoms with Crippen LogP contribution in [0, 0.1) is 11.3 Å². The van der Waals surface area contributed by atoms with Gasteiger partial charge in [0.1, 0.15) is 11.7 Å². The highest BCUT2D eigenvalue weighted by Crippen LogP contribution is 2.26. The van der Waals surface area contributed by atoms with Crippen molar-refractivity contribution in [3.63, 3.8) is 0 Å². The largest absolute Gasteiger partial charge is 0.475 e. The van der Waals surface area contributed by atoms with Crippen molar-refractivity contribution < 1.29 is 14.3 Å². The van der Waals surface area contributed by atoms with Crippen LogP contribution in [0.25, 0.3) is 0 Å². The van der Waals surface area contributed by atoms with E-state index in [1.165, 1.54) is 12.1 Å². The SMILES string of the molecule is N#CC(Cc1ccccc1Cl)c1ccc(C(=O)O)o1. The molecule has 4 nitrogen and oxygen atoms in total. The Bertz CT molecular complexity index is 642. The average molecular weight is 276 g/mol. The van der Waals surface area contributed by atoms with Gasteiger partial charge in [0.15, 0.2) is 0 Å². The molecule has 0 saturated carbocycles. The van der Waals surface area contributed by atoms with Crippen molar-refractivity contribution in [2.75, 3.05) is 0 Å². The number of rotatable bonds is 4. The molecule has 0 bridgehead atoms. The normalized spacial score (nSPS) is 11.8. The van der Waals surface area contributed by atoms with Crippen LogP contribution in [0.15, 0.2) is 40.8 Å². The second-order valence-electron chi connectivity index (χ2n) is 3.98. The molecule has 1 aromatic heterocycles. The highest BCUT2D eigenvalue weighted by atomic mass is 35.5. The molecule has 5 heteroatoms. The molecule has 2 aromatic rings. The maximum absolute atomic E-state index is 10.7. The summed E-state index contributed by atoms with van der Waals surface area (Å²) >= 11 is 6.03. The third-order valence-corrected chi connectivity index (χ3v) is 3.09. The van der Waals surface area contributed by atoms with Crippen LogP contribution in [0.5, 0.6) is 0 Å². The molecule has 19 heavy (non-hydrogen) atoms. The van der Waals surface area contributed by atoms with Crippen LogP contribution in [-0.4, -0.2) is 11.1 Å². The Morgan fingerprint density at radius 3 is 2.68 bits per heavy atom. The third-order valence-electron chi connectivity index (χ3n) is 2.72. The zero-order valence-electron chi connectivity index (χ0n) is 9.84. The second-order valence-corrected chi connectivity index (χ2v) is 4.39. The van der Waals surface area contributed by atoms with Crippen LogP contribution >= 0.6 is 11.6 Å². The fourth-order valence-corrected chi connectivity index (χ4v) is 1.96. The van der Waals surface area contributed by atoms with Gasteiger partial charge in [0.25, 0.3) is 0 Å². The topological polar surface area (TPSA) is 74.2 Å². The molecule has 1 N–H and O–H groups in total.